The minimum absolute atomic E-state index is 0.0375. The minimum Gasteiger partial charge on any atom is -0.507 e. The highest BCUT2D eigenvalue weighted by Crippen LogP contribution is 2.31. The number of carbonyl (C=O) groups excluding carboxylic acids is 1. The Morgan fingerprint density at radius 1 is 1.38 bits per heavy atom. The summed E-state index contributed by atoms with van der Waals surface area (Å²) >= 11 is 2.06. The van der Waals surface area contributed by atoms with Crippen molar-refractivity contribution in [2.75, 3.05) is 6.54 Å². The molecule has 1 aromatic rings. The third-order valence-corrected chi connectivity index (χ3v) is 5.60. The normalized spacial score (nSPS) is 27.6. The van der Waals surface area contributed by atoms with Crippen molar-refractivity contribution in [2.24, 2.45) is 0 Å². The van der Waals surface area contributed by atoms with E-state index in [1.165, 1.54) is 12.8 Å². The molecule has 2 unspecified atom stereocenters. The van der Waals surface area contributed by atoms with E-state index < -0.39 is 0 Å². The molecule has 2 fully saturated rings. The van der Waals surface area contributed by atoms with E-state index in [1.807, 2.05) is 17.9 Å². The van der Waals surface area contributed by atoms with Crippen molar-refractivity contribution in [1.29, 1.82) is 0 Å². The number of hydrogen-bond donors (Lipinski definition) is 2. The SMILES string of the molecule is CCN(C(=O)c1ccc(I)c(O)c1)C1CC2CCC(C1)N2. The molecule has 4 nitrogen and oxygen atoms in total. The van der Waals surface area contributed by atoms with Gasteiger partial charge in [-0.05, 0) is 73.4 Å². The Morgan fingerprint density at radius 2 is 2.05 bits per heavy atom. The van der Waals surface area contributed by atoms with Gasteiger partial charge in [0.25, 0.3) is 5.91 Å². The van der Waals surface area contributed by atoms with Crippen molar-refractivity contribution in [3.05, 3.63) is 27.3 Å². The average molecular weight is 400 g/mol. The number of nitrogens with zero attached hydrogens (tertiary/aromatic N) is 1. The molecule has 1 amide bonds. The molecule has 2 atom stereocenters. The molecule has 2 bridgehead atoms. The van der Waals surface area contributed by atoms with Gasteiger partial charge in [0.15, 0.2) is 0 Å². The topological polar surface area (TPSA) is 52.6 Å². The number of benzene rings is 1. The van der Waals surface area contributed by atoms with Gasteiger partial charge in [0.05, 0.1) is 3.57 Å². The van der Waals surface area contributed by atoms with Crippen LogP contribution >= 0.6 is 22.6 Å². The molecule has 2 heterocycles. The Morgan fingerprint density at radius 3 is 2.62 bits per heavy atom. The lowest BCUT2D eigenvalue weighted by Gasteiger charge is -2.37. The first kappa shape index (κ1) is 15.1. The lowest BCUT2D eigenvalue weighted by molar-refractivity contribution is 0.0630. The molecule has 2 aliphatic rings. The summed E-state index contributed by atoms with van der Waals surface area (Å²) in [5.74, 6) is 0.221. The summed E-state index contributed by atoms with van der Waals surface area (Å²) in [5, 5.41) is 13.4. The standard InChI is InChI=1S/C16H21IN2O2/c1-2-19(13-8-11-4-5-12(9-13)18-11)16(21)10-3-6-14(17)15(20)7-10/h3,6-7,11-13,18,20H,2,4-5,8-9H2,1H3. The van der Waals surface area contributed by atoms with Crippen molar-refractivity contribution < 1.29 is 9.90 Å². The molecule has 0 spiro atoms. The molecule has 1 aromatic carbocycles. The molecule has 5 heteroatoms. The van der Waals surface area contributed by atoms with Gasteiger partial charge in [-0.15, -0.1) is 0 Å². The maximum absolute atomic E-state index is 12.8. The highest BCUT2D eigenvalue weighted by atomic mass is 127. The van der Waals surface area contributed by atoms with Gasteiger partial charge >= 0.3 is 0 Å². The monoisotopic (exact) mass is 400 g/mol. The first-order valence-electron chi connectivity index (χ1n) is 7.64. The summed E-state index contributed by atoms with van der Waals surface area (Å²) < 4.78 is 0.770. The van der Waals surface area contributed by atoms with E-state index in [9.17, 15) is 9.90 Å². The van der Waals surface area contributed by atoms with E-state index in [0.29, 0.717) is 23.7 Å². The molecular weight excluding hydrogens is 379 g/mol. The largest absolute Gasteiger partial charge is 0.507 e. The lowest BCUT2D eigenvalue weighted by atomic mass is 9.97. The van der Waals surface area contributed by atoms with Crippen LogP contribution in [-0.4, -0.2) is 40.6 Å². The van der Waals surface area contributed by atoms with Gasteiger partial charge in [-0.1, -0.05) is 0 Å². The first-order chi connectivity index (χ1) is 10.1. The number of nitrogens with one attached hydrogen (secondary N) is 1. The lowest BCUT2D eigenvalue weighted by Crippen LogP contribution is -2.50. The van der Waals surface area contributed by atoms with E-state index in [1.54, 1.807) is 12.1 Å². The van der Waals surface area contributed by atoms with Crippen LogP contribution < -0.4 is 5.32 Å². The maximum Gasteiger partial charge on any atom is 0.254 e. The molecule has 2 saturated heterocycles. The van der Waals surface area contributed by atoms with Crippen molar-refractivity contribution in [3.8, 4) is 5.75 Å². The molecule has 2 N–H and O–H groups in total. The van der Waals surface area contributed by atoms with Crippen LogP contribution in [0.1, 0.15) is 43.0 Å². The second-order valence-electron chi connectivity index (χ2n) is 6.02. The third-order valence-electron chi connectivity index (χ3n) is 4.68. The van der Waals surface area contributed by atoms with Gasteiger partial charge in [0.1, 0.15) is 5.75 Å². The quantitative estimate of drug-likeness (QED) is 0.768. The van der Waals surface area contributed by atoms with Crippen LogP contribution in [0, 0.1) is 3.57 Å². The van der Waals surface area contributed by atoms with E-state index >= 15 is 0 Å². The van der Waals surface area contributed by atoms with Gasteiger partial charge in [0, 0.05) is 30.2 Å². The van der Waals surface area contributed by atoms with Crippen molar-refractivity contribution in [1.82, 2.24) is 10.2 Å². The molecule has 21 heavy (non-hydrogen) atoms. The smallest absolute Gasteiger partial charge is 0.254 e. The second-order valence-corrected chi connectivity index (χ2v) is 7.18. The van der Waals surface area contributed by atoms with Gasteiger partial charge in [0.2, 0.25) is 0 Å². The summed E-state index contributed by atoms with van der Waals surface area (Å²) in [6.07, 6.45) is 4.56. The van der Waals surface area contributed by atoms with Crippen LogP contribution in [-0.2, 0) is 0 Å². The highest BCUT2D eigenvalue weighted by Gasteiger charge is 2.37. The number of aromatic hydroxyl groups is 1. The van der Waals surface area contributed by atoms with Crippen LogP contribution in [0.5, 0.6) is 5.75 Å². The summed E-state index contributed by atoms with van der Waals surface area (Å²) in [5.41, 5.74) is 0.584. The highest BCUT2D eigenvalue weighted by molar-refractivity contribution is 14.1. The van der Waals surface area contributed by atoms with Crippen molar-refractivity contribution >= 4 is 28.5 Å². The van der Waals surface area contributed by atoms with E-state index in [-0.39, 0.29) is 11.7 Å². The maximum atomic E-state index is 12.8. The molecule has 0 saturated carbocycles. The number of halogens is 1. The Balaban J connectivity index is 1.79. The van der Waals surface area contributed by atoms with Crippen LogP contribution in [0.4, 0.5) is 0 Å². The van der Waals surface area contributed by atoms with Crippen LogP contribution in [0.15, 0.2) is 18.2 Å². The molecule has 3 rings (SSSR count). The number of fused-ring (bicyclic) bond motifs is 2. The number of carbonyl (C=O) groups is 1. The minimum atomic E-state index is 0.0375. The van der Waals surface area contributed by atoms with Crippen molar-refractivity contribution in [3.63, 3.8) is 0 Å². The van der Waals surface area contributed by atoms with Gasteiger partial charge in [-0.2, -0.15) is 0 Å². The molecule has 2 aliphatic heterocycles. The summed E-state index contributed by atoms with van der Waals surface area (Å²) in [6.45, 7) is 2.75. The van der Waals surface area contributed by atoms with Crippen LogP contribution in [0.2, 0.25) is 0 Å². The number of amides is 1. The molecule has 0 radical (unpaired) electrons. The van der Waals surface area contributed by atoms with Gasteiger partial charge in [-0.25, -0.2) is 0 Å². The van der Waals surface area contributed by atoms with E-state index in [0.717, 1.165) is 23.0 Å². The number of rotatable bonds is 3. The van der Waals surface area contributed by atoms with E-state index in [4.69, 9.17) is 0 Å². The number of phenolic OH excluding ortho intramolecular Hbond substituents is 1. The third kappa shape index (κ3) is 3.04. The number of piperidine rings is 1. The fourth-order valence-electron chi connectivity index (χ4n) is 3.66. The fourth-order valence-corrected chi connectivity index (χ4v) is 4.00. The molecule has 0 aliphatic carbocycles. The Labute approximate surface area is 139 Å². The molecule has 114 valence electrons. The number of hydrogen-bond acceptors (Lipinski definition) is 3. The Kier molecular flexibility index (Phi) is 4.40. The summed E-state index contributed by atoms with van der Waals surface area (Å²) in [7, 11) is 0. The Bertz CT molecular complexity index is 537. The first-order valence-corrected chi connectivity index (χ1v) is 8.72. The van der Waals surface area contributed by atoms with Crippen molar-refractivity contribution in [2.45, 2.75) is 50.7 Å². The zero-order valence-electron chi connectivity index (χ0n) is 12.2. The van der Waals surface area contributed by atoms with Crippen LogP contribution in [0.3, 0.4) is 0 Å². The zero-order valence-corrected chi connectivity index (χ0v) is 14.3. The predicted octanol–water partition coefficient (Wildman–Crippen LogP) is 2.74. The Hall–Kier alpha value is -0.820. The van der Waals surface area contributed by atoms with Crippen LogP contribution in [0.25, 0.3) is 0 Å². The summed E-state index contributed by atoms with van der Waals surface area (Å²) in [6, 6.07) is 6.65. The molecule has 0 aromatic heterocycles. The number of phenols is 1. The fraction of sp³-hybridized carbons (Fsp3) is 0.562. The zero-order chi connectivity index (χ0) is 15.0. The van der Waals surface area contributed by atoms with E-state index in [2.05, 4.69) is 27.9 Å². The second kappa shape index (κ2) is 6.12. The van der Waals surface area contributed by atoms with Gasteiger partial charge < -0.3 is 15.3 Å². The van der Waals surface area contributed by atoms with Gasteiger partial charge in [-0.3, -0.25) is 4.79 Å². The predicted molar refractivity (Wildman–Crippen MR) is 90.5 cm³/mol. The average Bonchev–Trinajstić information content (AvgIpc) is 2.81. The molecular formula is C16H21IN2O2. The summed E-state index contributed by atoms with van der Waals surface area (Å²) in [4.78, 5) is 14.7.